The molecule has 5 heteroatoms. The van der Waals surface area contributed by atoms with Crippen molar-refractivity contribution in [2.75, 3.05) is 0 Å². The number of nitrogens with zero attached hydrogens (tertiary/aromatic N) is 3. The van der Waals surface area contributed by atoms with E-state index in [0.717, 1.165) is 33.6 Å². The maximum atomic E-state index is 4.31. The Balaban J connectivity index is 2.47. The van der Waals surface area contributed by atoms with Gasteiger partial charge in [0.1, 0.15) is 5.82 Å². The predicted octanol–water partition coefficient (Wildman–Crippen LogP) is 4.26. The van der Waals surface area contributed by atoms with Gasteiger partial charge in [0.15, 0.2) is 5.82 Å². The second kappa shape index (κ2) is 5.97. The third-order valence-electron chi connectivity index (χ3n) is 2.58. The molecule has 1 heterocycles. The molecule has 0 aliphatic carbocycles. The summed E-state index contributed by atoms with van der Waals surface area (Å²) >= 11 is 6.96. The summed E-state index contributed by atoms with van der Waals surface area (Å²) < 4.78 is 3.24. The van der Waals surface area contributed by atoms with Crippen LogP contribution in [-0.2, 0) is 11.9 Å². The minimum atomic E-state index is 0.560. The molecule has 0 radical (unpaired) electrons. The van der Waals surface area contributed by atoms with Gasteiger partial charge in [-0.05, 0) is 18.1 Å². The normalized spacial score (nSPS) is 11.2. The van der Waals surface area contributed by atoms with Gasteiger partial charge >= 0.3 is 0 Å². The monoisotopic (exact) mass is 371 g/mol. The number of rotatable bonds is 4. The van der Waals surface area contributed by atoms with E-state index in [9.17, 15) is 0 Å². The van der Waals surface area contributed by atoms with E-state index in [4.69, 9.17) is 0 Å². The second-order valence-corrected chi connectivity index (χ2v) is 6.06. The average Bonchev–Trinajstić information content (AvgIpc) is 2.71. The molecule has 0 N–H and O–H groups in total. The number of benzene rings is 1. The number of hydrogen-bond acceptors (Lipinski definition) is 2. The lowest BCUT2D eigenvalue weighted by Gasteiger charge is -2.11. The number of hydrogen-bond donors (Lipinski definition) is 0. The summed E-state index contributed by atoms with van der Waals surface area (Å²) in [4.78, 5) is 0. The summed E-state index contributed by atoms with van der Waals surface area (Å²) in [6.45, 7) is 5.32. The molecule has 18 heavy (non-hydrogen) atoms. The Kier molecular flexibility index (Phi) is 4.56. The lowest BCUT2D eigenvalue weighted by atomic mass is 10.2. The molecule has 3 nitrogen and oxygen atoms in total. The summed E-state index contributed by atoms with van der Waals surface area (Å²) in [6, 6.07) is 8.15. The Morgan fingerprint density at radius 1 is 1.28 bits per heavy atom. The maximum Gasteiger partial charge on any atom is 0.164 e. The van der Waals surface area contributed by atoms with Gasteiger partial charge in [-0.1, -0.05) is 57.8 Å². The lowest BCUT2D eigenvalue weighted by molar-refractivity contribution is 0.516. The van der Waals surface area contributed by atoms with Crippen LogP contribution in [-0.4, -0.2) is 14.8 Å². The van der Waals surface area contributed by atoms with Crippen molar-refractivity contribution in [2.45, 2.75) is 25.7 Å². The molecular weight excluding hydrogens is 358 g/mol. The van der Waals surface area contributed by atoms with Gasteiger partial charge < -0.3 is 4.57 Å². The molecule has 0 aliphatic heterocycles. The Morgan fingerprint density at radius 3 is 2.67 bits per heavy atom. The molecule has 0 aliphatic rings. The van der Waals surface area contributed by atoms with Crippen molar-refractivity contribution in [2.24, 2.45) is 5.92 Å². The largest absolute Gasteiger partial charge is 0.310 e. The standard InChI is InChI=1S/C13H15Br2N3/c1-9(2)8-18-12(7-14)16-17-13(18)10-4-3-5-11(15)6-10/h3-6,9H,7-8H2,1-2H3. The van der Waals surface area contributed by atoms with Gasteiger partial charge in [0.25, 0.3) is 0 Å². The van der Waals surface area contributed by atoms with Gasteiger partial charge in [0.2, 0.25) is 0 Å². The summed E-state index contributed by atoms with van der Waals surface area (Å²) in [5.41, 5.74) is 1.09. The van der Waals surface area contributed by atoms with Crippen LogP contribution in [0.3, 0.4) is 0 Å². The van der Waals surface area contributed by atoms with Crippen LogP contribution in [0.4, 0.5) is 0 Å². The highest BCUT2D eigenvalue weighted by molar-refractivity contribution is 9.10. The van der Waals surface area contributed by atoms with E-state index in [1.54, 1.807) is 0 Å². The van der Waals surface area contributed by atoms with Crippen LogP contribution in [0.25, 0.3) is 11.4 Å². The Bertz CT molecular complexity index is 535. The number of alkyl halides is 1. The van der Waals surface area contributed by atoms with Crippen molar-refractivity contribution >= 4 is 31.9 Å². The molecule has 2 aromatic rings. The Hall–Kier alpha value is -0.680. The first-order valence-electron chi connectivity index (χ1n) is 5.85. The highest BCUT2D eigenvalue weighted by atomic mass is 79.9. The molecule has 1 aromatic heterocycles. The quantitative estimate of drug-likeness (QED) is 0.750. The number of halogens is 2. The van der Waals surface area contributed by atoms with Gasteiger partial charge in [0.05, 0.1) is 5.33 Å². The van der Waals surface area contributed by atoms with Crippen molar-refractivity contribution in [3.63, 3.8) is 0 Å². The minimum Gasteiger partial charge on any atom is -0.310 e. The van der Waals surface area contributed by atoms with E-state index >= 15 is 0 Å². The van der Waals surface area contributed by atoms with E-state index < -0.39 is 0 Å². The van der Waals surface area contributed by atoms with Crippen LogP contribution < -0.4 is 0 Å². The lowest BCUT2D eigenvalue weighted by Crippen LogP contribution is -2.09. The van der Waals surface area contributed by atoms with Gasteiger partial charge in [-0.25, -0.2) is 0 Å². The molecule has 0 atom stereocenters. The minimum absolute atomic E-state index is 0.560. The van der Waals surface area contributed by atoms with Crippen LogP contribution in [0.1, 0.15) is 19.7 Å². The fraction of sp³-hybridized carbons (Fsp3) is 0.385. The Morgan fingerprint density at radius 2 is 2.06 bits per heavy atom. The summed E-state index contributed by atoms with van der Waals surface area (Å²) in [6.07, 6.45) is 0. The van der Waals surface area contributed by atoms with E-state index in [-0.39, 0.29) is 0 Å². The molecule has 0 bridgehead atoms. The average molecular weight is 373 g/mol. The van der Waals surface area contributed by atoms with Gasteiger partial charge in [0, 0.05) is 16.6 Å². The molecule has 0 amide bonds. The van der Waals surface area contributed by atoms with Crippen LogP contribution in [0, 0.1) is 5.92 Å². The first-order valence-corrected chi connectivity index (χ1v) is 7.77. The zero-order valence-electron chi connectivity index (χ0n) is 10.4. The molecule has 0 unspecified atom stereocenters. The van der Waals surface area contributed by atoms with Crippen LogP contribution >= 0.6 is 31.9 Å². The SMILES string of the molecule is CC(C)Cn1c(CBr)nnc1-c1cccc(Br)c1. The summed E-state index contributed by atoms with van der Waals surface area (Å²) in [7, 11) is 0. The van der Waals surface area contributed by atoms with Crippen molar-refractivity contribution in [3.05, 3.63) is 34.6 Å². The van der Waals surface area contributed by atoms with Gasteiger partial charge in [-0.15, -0.1) is 10.2 Å². The molecule has 2 rings (SSSR count). The number of aromatic nitrogens is 3. The first-order chi connectivity index (χ1) is 8.61. The molecule has 1 aromatic carbocycles. The van der Waals surface area contributed by atoms with Gasteiger partial charge in [-0.2, -0.15) is 0 Å². The molecule has 0 spiro atoms. The van der Waals surface area contributed by atoms with E-state index in [1.165, 1.54) is 0 Å². The second-order valence-electron chi connectivity index (χ2n) is 4.59. The van der Waals surface area contributed by atoms with Crippen molar-refractivity contribution < 1.29 is 0 Å². The predicted molar refractivity (Wildman–Crippen MR) is 80.6 cm³/mol. The van der Waals surface area contributed by atoms with Crippen LogP contribution in [0.2, 0.25) is 0 Å². The van der Waals surface area contributed by atoms with E-state index in [2.05, 4.69) is 72.6 Å². The maximum absolute atomic E-state index is 4.31. The third kappa shape index (κ3) is 3.01. The zero-order chi connectivity index (χ0) is 13.1. The third-order valence-corrected chi connectivity index (χ3v) is 3.57. The fourth-order valence-corrected chi connectivity index (χ4v) is 2.65. The molecular formula is C13H15Br2N3. The highest BCUT2D eigenvalue weighted by Gasteiger charge is 2.14. The molecule has 96 valence electrons. The molecule has 0 saturated heterocycles. The van der Waals surface area contributed by atoms with Crippen LogP contribution in [0.5, 0.6) is 0 Å². The van der Waals surface area contributed by atoms with Crippen LogP contribution in [0.15, 0.2) is 28.7 Å². The van der Waals surface area contributed by atoms with Crippen molar-refractivity contribution in [1.82, 2.24) is 14.8 Å². The van der Waals surface area contributed by atoms with E-state index in [0.29, 0.717) is 5.92 Å². The summed E-state index contributed by atoms with van der Waals surface area (Å²) in [5.74, 6) is 2.46. The topological polar surface area (TPSA) is 30.7 Å². The van der Waals surface area contributed by atoms with Gasteiger partial charge in [-0.3, -0.25) is 0 Å². The van der Waals surface area contributed by atoms with Crippen molar-refractivity contribution in [3.8, 4) is 11.4 Å². The summed E-state index contributed by atoms with van der Waals surface area (Å²) in [5, 5.41) is 9.28. The Labute approximate surface area is 124 Å². The highest BCUT2D eigenvalue weighted by Crippen LogP contribution is 2.23. The molecule has 0 fully saturated rings. The molecule has 0 saturated carbocycles. The van der Waals surface area contributed by atoms with Crippen molar-refractivity contribution in [1.29, 1.82) is 0 Å². The smallest absolute Gasteiger partial charge is 0.164 e. The van der Waals surface area contributed by atoms with E-state index in [1.807, 2.05) is 12.1 Å². The fourth-order valence-electron chi connectivity index (χ4n) is 1.83. The first kappa shape index (κ1) is 13.7. The zero-order valence-corrected chi connectivity index (χ0v) is 13.6.